The Hall–Kier alpha value is -2.58. The number of nitrogens with one attached hydrogen (secondary N) is 1. The largest absolute Gasteiger partial charge is 0.445 e. The van der Waals surface area contributed by atoms with Gasteiger partial charge < -0.3 is 10.1 Å². The van der Waals surface area contributed by atoms with Crippen LogP contribution in [0.25, 0.3) is 6.08 Å². The number of carbonyl (C=O) groups is 1. The second-order valence-electron chi connectivity index (χ2n) is 4.20. The molecule has 0 aliphatic rings. The van der Waals surface area contributed by atoms with E-state index in [1.165, 1.54) is 11.3 Å². The third kappa shape index (κ3) is 5.13. The maximum absolute atomic E-state index is 11.5. The summed E-state index contributed by atoms with van der Waals surface area (Å²) in [6.07, 6.45) is 3.22. The van der Waals surface area contributed by atoms with E-state index in [0.717, 1.165) is 11.1 Å². The second kappa shape index (κ2) is 7.88. The molecule has 0 fully saturated rings. The molecule has 21 heavy (non-hydrogen) atoms. The number of nitriles is 1. The number of benzene rings is 1. The summed E-state index contributed by atoms with van der Waals surface area (Å²) in [5, 5.41) is 13.2. The van der Waals surface area contributed by atoms with Gasteiger partial charge in [0.25, 0.3) is 0 Å². The molecule has 4 nitrogen and oxygen atoms in total. The van der Waals surface area contributed by atoms with Crippen molar-refractivity contribution >= 4 is 23.5 Å². The van der Waals surface area contributed by atoms with E-state index in [9.17, 15) is 4.79 Å². The highest BCUT2D eigenvalue weighted by molar-refractivity contribution is 7.10. The average molecular weight is 298 g/mol. The zero-order chi connectivity index (χ0) is 14.9. The Morgan fingerprint density at radius 2 is 2.19 bits per heavy atom. The van der Waals surface area contributed by atoms with Gasteiger partial charge >= 0.3 is 6.09 Å². The van der Waals surface area contributed by atoms with Gasteiger partial charge in [0.05, 0.1) is 0 Å². The lowest BCUT2D eigenvalue weighted by molar-refractivity contribution is 0.141. The molecule has 1 amide bonds. The molecule has 1 aromatic heterocycles. The minimum absolute atomic E-state index is 0.256. The average Bonchev–Trinajstić information content (AvgIpc) is 2.98. The molecule has 1 N–H and O–H groups in total. The minimum Gasteiger partial charge on any atom is -0.445 e. The van der Waals surface area contributed by atoms with Crippen LogP contribution in [0.2, 0.25) is 0 Å². The number of hydrogen-bond donors (Lipinski definition) is 1. The molecule has 0 saturated carbocycles. The number of ether oxygens (including phenoxy) is 1. The molecule has 2 rings (SSSR count). The summed E-state index contributed by atoms with van der Waals surface area (Å²) < 4.78 is 5.08. The van der Waals surface area contributed by atoms with Crippen LogP contribution < -0.4 is 5.32 Å². The molecule has 0 spiro atoms. The smallest absolute Gasteiger partial charge is 0.407 e. The SMILES string of the molecule is N#Cc1cc(C=CCNC(=O)OCc2ccccc2)cs1. The molecule has 0 aliphatic carbocycles. The monoisotopic (exact) mass is 298 g/mol. The van der Waals surface area contributed by atoms with E-state index in [4.69, 9.17) is 10.00 Å². The molecule has 0 atom stereocenters. The number of hydrogen-bond acceptors (Lipinski definition) is 4. The third-order valence-electron chi connectivity index (χ3n) is 2.62. The summed E-state index contributed by atoms with van der Waals surface area (Å²) in [5.74, 6) is 0. The molecular formula is C16H14N2O2S. The summed E-state index contributed by atoms with van der Waals surface area (Å²) in [5.41, 5.74) is 1.90. The highest BCUT2D eigenvalue weighted by Crippen LogP contribution is 2.14. The van der Waals surface area contributed by atoms with E-state index in [-0.39, 0.29) is 6.61 Å². The Morgan fingerprint density at radius 1 is 1.38 bits per heavy atom. The van der Waals surface area contributed by atoms with Crippen LogP contribution in [0.5, 0.6) is 0 Å². The van der Waals surface area contributed by atoms with E-state index in [0.29, 0.717) is 11.4 Å². The van der Waals surface area contributed by atoms with Crippen molar-refractivity contribution in [2.45, 2.75) is 6.61 Å². The topological polar surface area (TPSA) is 62.1 Å². The molecule has 0 aliphatic heterocycles. The Bertz CT molecular complexity index is 656. The first-order valence-electron chi connectivity index (χ1n) is 6.37. The number of carbonyl (C=O) groups excluding carboxylic acids is 1. The van der Waals surface area contributed by atoms with E-state index in [1.54, 1.807) is 6.07 Å². The maximum Gasteiger partial charge on any atom is 0.407 e. The molecular weight excluding hydrogens is 284 g/mol. The summed E-state index contributed by atoms with van der Waals surface area (Å²) in [6.45, 7) is 0.637. The number of thiophene rings is 1. The van der Waals surface area contributed by atoms with E-state index in [2.05, 4.69) is 11.4 Å². The summed E-state index contributed by atoms with van der Waals surface area (Å²) in [6, 6.07) is 13.4. The van der Waals surface area contributed by atoms with Gasteiger partial charge in [-0.3, -0.25) is 0 Å². The van der Waals surface area contributed by atoms with E-state index >= 15 is 0 Å². The molecule has 106 valence electrons. The van der Waals surface area contributed by atoms with Crippen molar-refractivity contribution in [3.8, 4) is 6.07 Å². The fourth-order valence-corrected chi connectivity index (χ4v) is 2.27. The minimum atomic E-state index is -0.452. The van der Waals surface area contributed by atoms with Crippen LogP contribution in [0, 0.1) is 11.3 Å². The first-order valence-corrected chi connectivity index (χ1v) is 7.25. The van der Waals surface area contributed by atoms with Gasteiger partial charge in [0, 0.05) is 6.54 Å². The van der Waals surface area contributed by atoms with Gasteiger partial charge in [0.1, 0.15) is 17.6 Å². The van der Waals surface area contributed by atoms with Gasteiger partial charge in [-0.25, -0.2) is 4.79 Å². The Morgan fingerprint density at radius 3 is 2.90 bits per heavy atom. The number of alkyl carbamates (subject to hydrolysis) is 1. The van der Waals surface area contributed by atoms with E-state index < -0.39 is 6.09 Å². The van der Waals surface area contributed by atoms with Gasteiger partial charge in [-0.05, 0) is 22.6 Å². The lowest BCUT2D eigenvalue weighted by atomic mass is 10.2. The fourth-order valence-electron chi connectivity index (χ4n) is 1.61. The van der Waals surface area contributed by atoms with Crippen molar-refractivity contribution < 1.29 is 9.53 Å². The predicted octanol–water partition coefficient (Wildman–Crippen LogP) is 3.56. The maximum atomic E-state index is 11.5. The molecule has 2 aromatic rings. The highest BCUT2D eigenvalue weighted by atomic mass is 32.1. The van der Waals surface area contributed by atoms with Gasteiger partial charge in [-0.1, -0.05) is 42.5 Å². The van der Waals surface area contributed by atoms with Crippen LogP contribution in [0.1, 0.15) is 16.0 Å². The van der Waals surface area contributed by atoms with Crippen LogP contribution in [-0.2, 0) is 11.3 Å². The zero-order valence-corrected chi connectivity index (χ0v) is 12.1. The standard InChI is InChI=1S/C16H14N2O2S/c17-10-15-9-14(12-21-15)7-4-8-18-16(19)20-11-13-5-2-1-3-6-13/h1-7,9,12H,8,11H2,(H,18,19). The number of rotatable bonds is 5. The van der Waals surface area contributed by atoms with Crippen molar-refractivity contribution in [1.29, 1.82) is 5.26 Å². The molecule has 1 heterocycles. The lowest BCUT2D eigenvalue weighted by Crippen LogP contribution is -2.24. The van der Waals surface area contributed by atoms with E-state index in [1.807, 2.05) is 47.9 Å². The van der Waals surface area contributed by atoms with Gasteiger partial charge in [0.2, 0.25) is 0 Å². The van der Waals surface area contributed by atoms with Crippen LogP contribution in [0.15, 0.2) is 47.9 Å². The van der Waals surface area contributed by atoms with Crippen molar-refractivity contribution in [3.05, 3.63) is 63.9 Å². The van der Waals surface area contributed by atoms with Crippen LogP contribution in [-0.4, -0.2) is 12.6 Å². The summed E-state index contributed by atoms with van der Waals surface area (Å²) >= 11 is 1.40. The molecule has 0 unspecified atom stereocenters. The Balaban J connectivity index is 1.68. The number of nitrogens with zero attached hydrogens (tertiary/aromatic N) is 1. The molecule has 1 aromatic carbocycles. The highest BCUT2D eigenvalue weighted by Gasteiger charge is 2.00. The van der Waals surface area contributed by atoms with Gasteiger partial charge in [-0.15, -0.1) is 11.3 Å². The van der Waals surface area contributed by atoms with Crippen LogP contribution >= 0.6 is 11.3 Å². The zero-order valence-electron chi connectivity index (χ0n) is 11.3. The quantitative estimate of drug-likeness (QED) is 0.918. The first kappa shape index (κ1) is 14.8. The Labute approximate surface area is 127 Å². The van der Waals surface area contributed by atoms with Crippen molar-refractivity contribution in [3.63, 3.8) is 0 Å². The van der Waals surface area contributed by atoms with Crippen LogP contribution in [0.4, 0.5) is 4.79 Å². The van der Waals surface area contributed by atoms with Crippen molar-refractivity contribution in [2.24, 2.45) is 0 Å². The molecule has 5 heteroatoms. The van der Waals surface area contributed by atoms with Crippen molar-refractivity contribution in [2.75, 3.05) is 6.54 Å². The molecule has 0 radical (unpaired) electrons. The molecule has 0 saturated heterocycles. The predicted molar refractivity (Wildman–Crippen MR) is 82.7 cm³/mol. The summed E-state index contributed by atoms with van der Waals surface area (Å²) in [7, 11) is 0. The van der Waals surface area contributed by atoms with Gasteiger partial charge in [-0.2, -0.15) is 5.26 Å². The van der Waals surface area contributed by atoms with Gasteiger partial charge in [0.15, 0.2) is 0 Å². The molecule has 0 bridgehead atoms. The van der Waals surface area contributed by atoms with Crippen molar-refractivity contribution in [1.82, 2.24) is 5.32 Å². The third-order valence-corrected chi connectivity index (χ3v) is 3.47. The second-order valence-corrected chi connectivity index (χ2v) is 5.11. The fraction of sp³-hybridized carbons (Fsp3) is 0.125. The van der Waals surface area contributed by atoms with Crippen LogP contribution in [0.3, 0.4) is 0 Å². The first-order chi connectivity index (χ1) is 10.3. The summed E-state index contributed by atoms with van der Waals surface area (Å²) in [4.78, 5) is 12.1. The lowest BCUT2D eigenvalue weighted by Gasteiger charge is -2.05. The Kier molecular flexibility index (Phi) is 5.56. The normalized spacial score (nSPS) is 10.2. The number of amides is 1.